The SMILES string of the molecule is C=C1CCC(N2Cc3cc(O[C@@H]4CCC[C@@H]4N4CC5CCC(C4)O5)ccc3C2=O)C(=O)N1. The molecular weight excluding hydrogens is 406 g/mol. The number of fused-ring (bicyclic) bond motifs is 3. The normalized spacial score (nSPS) is 34.7. The van der Waals surface area contributed by atoms with Crippen LogP contribution in [-0.2, 0) is 16.1 Å². The molecule has 3 saturated heterocycles. The molecule has 0 aromatic heterocycles. The molecule has 4 aliphatic heterocycles. The van der Waals surface area contributed by atoms with Gasteiger partial charge in [0, 0.05) is 36.9 Å². The van der Waals surface area contributed by atoms with E-state index < -0.39 is 6.04 Å². The molecule has 170 valence electrons. The predicted molar refractivity (Wildman–Crippen MR) is 118 cm³/mol. The Balaban J connectivity index is 1.15. The van der Waals surface area contributed by atoms with Gasteiger partial charge >= 0.3 is 0 Å². The Labute approximate surface area is 188 Å². The molecular formula is C25H31N3O4. The standard InChI is InChI=1S/C25H31N3O4/c1-15-5-10-22(24(29)26-15)28-12-16-11-17(8-9-20(16)25(28)30)32-23-4-2-3-21(23)27-13-18-6-7-19(14-27)31-18/h8-9,11,18-19,21-23H,1-7,10,12-14H2,(H,26,29)/t18?,19?,21-,22?,23+/m0/s1. The Morgan fingerprint density at radius 2 is 1.88 bits per heavy atom. The van der Waals surface area contributed by atoms with Crippen LogP contribution in [0.15, 0.2) is 30.5 Å². The first kappa shape index (κ1) is 20.2. The lowest BCUT2D eigenvalue weighted by Crippen LogP contribution is -2.51. The maximum absolute atomic E-state index is 13.0. The molecule has 1 N–H and O–H groups in total. The second-order valence-electron chi connectivity index (χ2n) is 9.97. The average Bonchev–Trinajstić information content (AvgIpc) is 3.46. The molecule has 6 rings (SSSR count). The molecule has 1 aromatic rings. The number of ether oxygens (including phenoxy) is 2. The van der Waals surface area contributed by atoms with Crippen molar-refractivity contribution in [2.75, 3.05) is 13.1 Å². The number of amides is 2. The van der Waals surface area contributed by atoms with Gasteiger partial charge in [-0.25, -0.2) is 0 Å². The summed E-state index contributed by atoms with van der Waals surface area (Å²) in [6.45, 7) is 6.33. The van der Waals surface area contributed by atoms with Gasteiger partial charge in [0.15, 0.2) is 0 Å². The minimum Gasteiger partial charge on any atom is -0.489 e. The van der Waals surface area contributed by atoms with Crippen LogP contribution in [0.3, 0.4) is 0 Å². The lowest BCUT2D eigenvalue weighted by atomic mass is 10.0. The minimum absolute atomic E-state index is 0.0678. The van der Waals surface area contributed by atoms with Crippen molar-refractivity contribution in [2.24, 2.45) is 0 Å². The number of allylic oxidation sites excluding steroid dienone is 1. The summed E-state index contributed by atoms with van der Waals surface area (Å²) in [6.07, 6.45) is 8.06. The molecule has 2 bridgehead atoms. The van der Waals surface area contributed by atoms with Gasteiger partial charge in [0.2, 0.25) is 5.91 Å². The predicted octanol–water partition coefficient (Wildman–Crippen LogP) is 2.60. The van der Waals surface area contributed by atoms with Crippen LogP contribution in [0.5, 0.6) is 5.75 Å². The van der Waals surface area contributed by atoms with Crippen molar-refractivity contribution in [3.8, 4) is 5.75 Å². The third-order valence-electron chi connectivity index (χ3n) is 7.85. The van der Waals surface area contributed by atoms with Crippen molar-refractivity contribution >= 4 is 11.8 Å². The summed E-state index contributed by atoms with van der Waals surface area (Å²) in [7, 11) is 0. The summed E-state index contributed by atoms with van der Waals surface area (Å²) in [5, 5.41) is 2.79. The van der Waals surface area contributed by atoms with Crippen LogP contribution in [0, 0.1) is 0 Å². The van der Waals surface area contributed by atoms with E-state index in [4.69, 9.17) is 9.47 Å². The van der Waals surface area contributed by atoms with Crippen LogP contribution in [0.4, 0.5) is 0 Å². The Bertz CT molecular complexity index is 951. The summed E-state index contributed by atoms with van der Waals surface area (Å²) in [5.74, 6) is 0.627. The average molecular weight is 438 g/mol. The Morgan fingerprint density at radius 1 is 1.06 bits per heavy atom. The molecule has 3 unspecified atom stereocenters. The van der Waals surface area contributed by atoms with E-state index in [0.717, 1.165) is 36.5 Å². The monoisotopic (exact) mass is 437 g/mol. The number of rotatable bonds is 4. The summed E-state index contributed by atoms with van der Waals surface area (Å²) >= 11 is 0. The highest BCUT2D eigenvalue weighted by molar-refractivity contribution is 6.01. The quantitative estimate of drug-likeness (QED) is 0.784. The Kier molecular flexibility index (Phi) is 4.99. The fourth-order valence-corrected chi connectivity index (χ4v) is 6.26. The maximum Gasteiger partial charge on any atom is 0.255 e. The van der Waals surface area contributed by atoms with Crippen LogP contribution in [0.1, 0.15) is 60.9 Å². The second-order valence-corrected chi connectivity index (χ2v) is 9.97. The molecule has 0 radical (unpaired) electrons. The van der Waals surface area contributed by atoms with E-state index in [1.807, 2.05) is 18.2 Å². The van der Waals surface area contributed by atoms with Crippen molar-refractivity contribution in [1.82, 2.24) is 15.1 Å². The highest BCUT2D eigenvalue weighted by atomic mass is 16.5. The largest absolute Gasteiger partial charge is 0.489 e. The first-order valence-corrected chi connectivity index (χ1v) is 12.0. The van der Waals surface area contributed by atoms with Gasteiger partial charge in [-0.1, -0.05) is 6.58 Å². The third kappa shape index (κ3) is 3.52. The molecule has 1 aromatic carbocycles. The molecule has 5 aliphatic rings. The van der Waals surface area contributed by atoms with E-state index in [0.29, 0.717) is 43.2 Å². The van der Waals surface area contributed by atoms with Crippen LogP contribution >= 0.6 is 0 Å². The molecule has 7 heteroatoms. The summed E-state index contributed by atoms with van der Waals surface area (Å²) in [6, 6.07) is 5.80. The molecule has 4 fully saturated rings. The van der Waals surface area contributed by atoms with Crippen molar-refractivity contribution in [3.63, 3.8) is 0 Å². The molecule has 1 saturated carbocycles. The highest BCUT2D eigenvalue weighted by Crippen LogP contribution is 2.36. The number of hydrogen-bond donors (Lipinski definition) is 1. The lowest BCUT2D eigenvalue weighted by molar-refractivity contribution is -0.126. The zero-order valence-corrected chi connectivity index (χ0v) is 18.4. The fourth-order valence-electron chi connectivity index (χ4n) is 6.26. The van der Waals surface area contributed by atoms with Crippen molar-refractivity contribution in [2.45, 2.75) is 81.9 Å². The zero-order chi connectivity index (χ0) is 21.8. The van der Waals surface area contributed by atoms with Crippen LogP contribution in [0.2, 0.25) is 0 Å². The molecule has 2 amide bonds. The first-order chi connectivity index (χ1) is 15.5. The second kappa shape index (κ2) is 7.89. The van der Waals surface area contributed by atoms with Crippen LogP contribution < -0.4 is 10.1 Å². The Hall–Kier alpha value is -2.38. The molecule has 32 heavy (non-hydrogen) atoms. The van der Waals surface area contributed by atoms with Gasteiger partial charge in [-0.2, -0.15) is 0 Å². The van der Waals surface area contributed by atoms with Gasteiger partial charge < -0.3 is 19.7 Å². The lowest BCUT2D eigenvalue weighted by Gasteiger charge is -2.38. The van der Waals surface area contributed by atoms with Gasteiger partial charge in [0.05, 0.1) is 12.2 Å². The Morgan fingerprint density at radius 3 is 2.66 bits per heavy atom. The van der Waals surface area contributed by atoms with E-state index in [2.05, 4.69) is 16.8 Å². The van der Waals surface area contributed by atoms with E-state index in [-0.39, 0.29) is 17.9 Å². The molecule has 5 atom stereocenters. The smallest absolute Gasteiger partial charge is 0.255 e. The third-order valence-corrected chi connectivity index (χ3v) is 7.85. The van der Waals surface area contributed by atoms with Gasteiger partial charge in [-0.05, 0) is 68.7 Å². The van der Waals surface area contributed by atoms with Gasteiger partial charge in [-0.3, -0.25) is 14.5 Å². The minimum atomic E-state index is -0.430. The van der Waals surface area contributed by atoms with E-state index in [1.54, 1.807) is 4.90 Å². The number of hydrogen-bond acceptors (Lipinski definition) is 5. The van der Waals surface area contributed by atoms with Crippen molar-refractivity contribution in [3.05, 3.63) is 41.6 Å². The van der Waals surface area contributed by atoms with Crippen LogP contribution in [0.25, 0.3) is 0 Å². The van der Waals surface area contributed by atoms with Gasteiger partial charge in [0.1, 0.15) is 17.9 Å². The molecule has 0 spiro atoms. The summed E-state index contributed by atoms with van der Waals surface area (Å²) in [5.41, 5.74) is 2.36. The topological polar surface area (TPSA) is 71.1 Å². The number of piperidine rings is 1. The highest BCUT2D eigenvalue weighted by Gasteiger charge is 2.42. The molecule has 4 heterocycles. The van der Waals surface area contributed by atoms with E-state index in [9.17, 15) is 9.59 Å². The first-order valence-electron chi connectivity index (χ1n) is 12.0. The number of nitrogens with one attached hydrogen (secondary N) is 1. The van der Waals surface area contributed by atoms with Gasteiger partial charge in [0.25, 0.3) is 5.91 Å². The van der Waals surface area contributed by atoms with E-state index in [1.165, 1.54) is 25.7 Å². The number of likely N-dealkylation sites (tertiary alicyclic amines) is 1. The number of carbonyl (C=O) groups excluding carboxylic acids is 2. The number of nitrogens with zero attached hydrogens (tertiary/aromatic N) is 2. The fraction of sp³-hybridized carbons (Fsp3) is 0.600. The van der Waals surface area contributed by atoms with Crippen molar-refractivity contribution in [1.29, 1.82) is 0 Å². The van der Waals surface area contributed by atoms with Gasteiger partial charge in [-0.15, -0.1) is 0 Å². The number of carbonyl (C=O) groups is 2. The van der Waals surface area contributed by atoms with Crippen molar-refractivity contribution < 1.29 is 19.1 Å². The maximum atomic E-state index is 13.0. The molecule has 7 nitrogen and oxygen atoms in total. The van der Waals surface area contributed by atoms with E-state index >= 15 is 0 Å². The summed E-state index contributed by atoms with van der Waals surface area (Å²) in [4.78, 5) is 29.7. The summed E-state index contributed by atoms with van der Waals surface area (Å²) < 4.78 is 12.5. The number of morpholine rings is 1. The van der Waals surface area contributed by atoms with Crippen LogP contribution in [-0.4, -0.2) is 65.1 Å². The molecule has 1 aliphatic carbocycles. The zero-order valence-electron chi connectivity index (χ0n) is 18.4. The number of benzene rings is 1.